The Bertz CT molecular complexity index is 997. The van der Waals surface area contributed by atoms with Gasteiger partial charge >= 0.3 is 0 Å². The molecule has 0 radical (unpaired) electrons. The Morgan fingerprint density at radius 3 is 2.42 bits per heavy atom. The lowest BCUT2D eigenvalue weighted by Gasteiger charge is -1.96. The lowest BCUT2D eigenvalue weighted by atomic mass is 10.3. The van der Waals surface area contributed by atoms with Gasteiger partial charge in [-0.2, -0.15) is 0 Å². The first-order valence-corrected chi connectivity index (χ1v) is 7.72. The number of hydrogen-bond donors (Lipinski definition) is 1. The maximum Gasteiger partial charge on any atom is 0.137 e. The number of imidazole rings is 2. The van der Waals surface area contributed by atoms with Gasteiger partial charge in [-0.25, -0.2) is 9.97 Å². The number of nitrogens with zero attached hydrogens (tertiary/aromatic N) is 4. The van der Waals surface area contributed by atoms with Gasteiger partial charge in [-0.15, -0.1) is 0 Å². The summed E-state index contributed by atoms with van der Waals surface area (Å²) in [5.41, 5.74) is 5.93. The summed E-state index contributed by atoms with van der Waals surface area (Å²) in [5.74, 6) is 0. The molecule has 4 heterocycles. The molecule has 4 aromatic heterocycles. The fraction of sp³-hybridized carbons (Fsp3) is 0.158. The zero-order valence-electron chi connectivity index (χ0n) is 13.8. The fourth-order valence-electron chi connectivity index (χ4n) is 2.51. The topological polar surface area (TPSA) is 54.8 Å². The number of aryl methyl sites for hydroxylation is 2. The third-order valence-corrected chi connectivity index (χ3v) is 3.66. The normalized spacial score (nSPS) is 10.6. The molecule has 0 bridgehead atoms. The van der Waals surface area contributed by atoms with Gasteiger partial charge in [-0.05, 0) is 43.2 Å². The molecule has 5 nitrogen and oxygen atoms in total. The van der Waals surface area contributed by atoms with Crippen molar-refractivity contribution in [2.45, 2.75) is 20.5 Å². The Hall–Kier alpha value is -2.92. The van der Waals surface area contributed by atoms with E-state index in [2.05, 4.69) is 16.5 Å². The van der Waals surface area contributed by atoms with E-state index in [0.717, 1.165) is 33.8 Å². The Morgan fingerprint density at radius 2 is 1.71 bits per heavy atom. The summed E-state index contributed by atoms with van der Waals surface area (Å²) in [7, 11) is 0. The molecular weight excluding hydrogens is 300 g/mol. The quantitative estimate of drug-likeness (QED) is 0.616. The van der Waals surface area contributed by atoms with Crippen LogP contribution in [-0.2, 0) is 6.61 Å². The SMILES string of the molecule is C=Cc1ccn2cc(C)nc2c1.Cc1cn2cc(CO)ccc2n1. The predicted octanol–water partition coefficient (Wildman–Crippen LogP) is 3.42. The second-order valence-electron chi connectivity index (χ2n) is 5.66. The molecule has 0 aliphatic heterocycles. The van der Waals surface area contributed by atoms with Crippen molar-refractivity contribution in [2.24, 2.45) is 0 Å². The summed E-state index contributed by atoms with van der Waals surface area (Å²) in [6.45, 7) is 7.72. The molecule has 0 fully saturated rings. The summed E-state index contributed by atoms with van der Waals surface area (Å²) in [4.78, 5) is 8.61. The van der Waals surface area contributed by atoms with Crippen molar-refractivity contribution < 1.29 is 5.11 Å². The zero-order valence-corrected chi connectivity index (χ0v) is 13.8. The van der Waals surface area contributed by atoms with Gasteiger partial charge < -0.3 is 13.9 Å². The van der Waals surface area contributed by atoms with Gasteiger partial charge in [-0.1, -0.05) is 18.7 Å². The van der Waals surface area contributed by atoms with Crippen LogP contribution in [0, 0.1) is 13.8 Å². The smallest absolute Gasteiger partial charge is 0.137 e. The van der Waals surface area contributed by atoms with Crippen LogP contribution >= 0.6 is 0 Å². The van der Waals surface area contributed by atoms with Crippen LogP contribution in [0.1, 0.15) is 22.5 Å². The van der Waals surface area contributed by atoms with E-state index in [-0.39, 0.29) is 6.61 Å². The molecule has 0 aliphatic rings. The van der Waals surface area contributed by atoms with E-state index in [1.54, 1.807) is 0 Å². The van der Waals surface area contributed by atoms with Crippen LogP contribution in [-0.4, -0.2) is 23.9 Å². The van der Waals surface area contributed by atoms with Gasteiger partial charge in [0.05, 0.1) is 18.0 Å². The first-order valence-electron chi connectivity index (χ1n) is 7.72. The molecule has 1 N–H and O–H groups in total. The average Bonchev–Trinajstić information content (AvgIpc) is 3.13. The lowest BCUT2D eigenvalue weighted by molar-refractivity contribution is 0.281. The number of aromatic nitrogens is 4. The highest BCUT2D eigenvalue weighted by Crippen LogP contribution is 2.08. The van der Waals surface area contributed by atoms with Crippen LogP contribution in [0.2, 0.25) is 0 Å². The number of aliphatic hydroxyl groups excluding tert-OH is 1. The molecule has 24 heavy (non-hydrogen) atoms. The van der Waals surface area contributed by atoms with Crippen LogP contribution in [0.4, 0.5) is 0 Å². The van der Waals surface area contributed by atoms with Gasteiger partial charge in [0.2, 0.25) is 0 Å². The third kappa shape index (κ3) is 3.36. The second kappa shape index (κ2) is 6.68. The molecule has 122 valence electrons. The molecule has 0 amide bonds. The lowest BCUT2D eigenvalue weighted by Crippen LogP contribution is -1.88. The maximum atomic E-state index is 8.87. The van der Waals surface area contributed by atoms with Gasteiger partial charge in [0, 0.05) is 24.8 Å². The van der Waals surface area contributed by atoms with E-state index >= 15 is 0 Å². The summed E-state index contributed by atoms with van der Waals surface area (Å²) >= 11 is 0. The van der Waals surface area contributed by atoms with Crippen LogP contribution in [0.25, 0.3) is 17.4 Å². The number of aliphatic hydroxyl groups is 1. The highest BCUT2D eigenvalue weighted by atomic mass is 16.3. The second-order valence-corrected chi connectivity index (χ2v) is 5.66. The molecule has 0 atom stereocenters. The Labute approximate surface area is 140 Å². The fourth-order valence-corrected chi connectivity index (χ4v) is 2.51. The molecule has 0 aromatic carbocycles. The van der Waals surface area contributed by atoms with Crippen molar-refractivity contribution in [3.05, 3.63) is 78.1 Å². The van der Waals surface area contributed by atoms with Crippen LogP contribution in [0.15, 0.2) is 55.6 Å². The van der Waals surface area contributed by atoms with Crippen molar-refractivity contribution in [2.75, 3.05) is 0 Å². The van der Waals surface area contributed by atoms with Crippen LogP contribution in [0.3, 0.4) is 0 Å². The van der Waals surface area contributed by atoms with Gasteiger partial charge in [-0.3, -0.25) is 0 Å². The van der Waals surface area contributed by atoms with Gasteiger partial charge in [0.25, 0.3) is 0 Å². The Kier molecular flexibility index (Phi) is 4.44. The number of fused-ring (bicyclic) bond motifs is 2. The first kappa shape index (κ1) is 16.0. The van der Waals surface area contributed by atoms with Crippen LogP contribution < -0.4 is 0 Å². The molecule has 0 saturated heterocycles. The van der Waals surface area contributed by atoms with Crippen LogP contribution in [0.5, 0.6) is 0 Å². The molecule has 0 unspecified atom stereocenters. The molecule has 0 spiro atoms. The minimum Gasteiger partial charge on any atom is -0.392 e. The highest BCUT2D eigenvalue weighted by Gasteiger charge is 1.97. The molecule has 0 aliphatic carbocycles. The molecule has 0 saturated carbocycles. The summed E-state index contributed by atoms with van der Waals surface area (Å²) in [6, 6.07) is 7.81. The van der Waals surface area contributed by atoms with Crippen molar-refractivity contribution in [1.29, 1.82) is 0 Å². The Balaban J connectivity index is 0.000000141. The molecule has 4 rings (SSSR count). The van der Waals surface area contributed by atoms with E-state index < -0.39 is 0 Å². The van der Waals surface area contributed by atoms with E-state index in [1.807, 2.05) is 77.8 Å². The average molecular weight is 320 g/mol. The van der Waals surface area contributed by atoms with E-state index in [0.29, 0.717) is 0 Å². The predicted molar refractivity (Wildman–Crippen MR) is 95.9 cm³/mol. The minimum absolute atomic E-state index is 0.0766. The number of pyridine rings is 2. The van der Waals surface area contributed by atoms with Gasteiger partial charge in [0.1, 0.15) is 11.3 Å². The van der Waals surface area contributed by atoms with E-state index in [4.69, 9.17) is 5.11 Å². The first-order chi connectivity index (χ1) is 11.6. The molecule has 4 aromatic rings. The molecular formula is C19H20N4O. The van der Waals surface area contributed by atoms with Crippen molar-refractivity contribution >= 4 is 17.4 Å². The number of rotatable bonds is 2. The van der Waals surface area contributed by atoms with E-state index in [1.165, 1.54) is 0 Å². The highest BCUT2D eigenvalue weighted by molar-refractivity contribution is 5.54. The monoisotopic (exact) mass is 320 g/mol. The third-order valence-electron chi connectivity index (χ3n) is 3.66. The van der Waals surface area contributed by atoms with Gasteiger partial charge in [0.15, 0.2) is 0 Å². The largest absolute Gasteiger partial charge is 0.392 e. The summed E-state index contributed by atoms with van der Waals surface area (Å²) < 4.78 is 3.92. The molecule has 5 heteroatoms. The van der Waals surface area contributed by atoms with E-state index in [9.17, 15) is 0 Å². The van der Waals surface area contributed by atoms with Crippen molar-refractivity contribution in [3.8, 4) is 0 Å². The zero-order chi connectivity index (χ0) is 17.1. The minimum atomic E-state index is 0.0766. The summed E-state index contributed by atoms with van der Waals surface area (Å²) in [6.07, 6.45) is 9.64. The number of hydrogen-bond acceptors (Lipinski definition) is 3. The Morgan fingerprint density at radius 1 is 1.00 bits per heavy atom. The van der Waals surface area contributed by atoms with Crippen molar-refractivity contribution in [3.63, 3.8) is 0 Å². The summed E-state index contributed by atoms with van der Waals surface area (Å²) in [5, 5.41) is 8.87. The maximum absolute atomic E-state index is 8.87. The van der Waals surface area contributed by atoms with Crippen molar-refractivity contribution in [1.82, 2.24) is 18.8 Å². The standard InChI is InChI=1S/C10H10N2.C9H10N2O/c1-3-9-4-5-12-7-8(2)11-10(12)6-9;1-7-4-11-5-8(6-12)2-3-9(11)10-7/h3-7H,1H2,2H3;2-5,12H,6H2,1H3.